The Morgan fingerprint density at radius 2 is 1.94 bits per heavy atom. The van der Waals surface area contributed by atoms with Gasteiger partial charge < -0.3 is 15.7 Å². The van der Waals surface area contributed by atoms with Crippen LogP contribution in [0.3, 0.4) is 0 Å². The van der Waals surface area contributed by atoms with Gasteiger partial charge in [-0.15, -0.1) is 0 Å². The molecule has 0 spiro atoms. The van der Waals surface area contributed by atoms with Gasteiger partial charge in [-0.3, -0.25) is 4.79 Å². The largest absolute Gasteiger partial charge is 0.396 e. The smallest absolute Gasteiger partial charge is 0.241 e. The fourth-order valence-corrected chi connectivity index (χ4v) is 1.31. The van der Waals surface area contributed by atoms with Gasteiger partial charge in [-0.25, -0.2) is 0 Å². The number of hydrogen-bond acceptors (Lipinski definition) is 3. The van der Waals surface area contributed by atoms with Crippen LogP contribution in [0.15, 0.2) is 30.3 Å². The van der Waals surface area contributed by atoms with Gasteiger partial charge in [0.15, 0.2) is 0 Å². The quantitative estimate of drug-likeness (QED) is 0.696. The zero-order valence-corrected chi connectivity index (χ0v) is 10.3. The zero-order chi connectivity index (χ0) is 12.7. The maximum atomic E-state index is 11.8. The Kier molecular flexibility index (Phi) is 5.66. The van der Waals surface area contributed by atoms with E-state index in [2.05, 4.69) is 10.6 Å². The predicted octanol–water partition coefficient (Wildman–Crippen LogP) is 1.23. The molecule has 4 heteroatoms. The molecule has 1 aromatic carbocycles. The first-order chi connectivity index (χ1) is 8.13. The Morgan fingerprint density at radius 1 is 1.29 bits per heavy atom. The van der Waals surface area contributed by atoms with Crippen molar-refractivity contribution in [1.82, 2.24) is 5.32 Å². The second-order valence-electron chi connectivity index (χ2n) is 4.27. The third kappa shape index (κ3) is 4.97. The van der Waals surface area contributed by atoms with Gasteiger partial charge in [0.25, 0.3) is 0 Å². The van der Waals surface area contributed by atoms with Crippen LogP contribution < -0.4 is 10.6 Å². The molecule has 0 aliphatic heterocycles. The molecule has 3 N–H and O–H groups in total. The number of aliphatic hydroxyl groups excluding tert-OH is 1. The van der Waals surface area contributed by atoms with Gasteiger partial charge in [-0.1, -0.05) is 25.1 Å². The van der Waals surface area contributed by atoms with Crippen molar-refractivity contribution in [2.45, 2.75) is 19.9 Å². The van der Waals surface area contributed by atoms with Crippen molar-refractivity contribution < 1.29 is 9.90 Å². The highest BCUT2D eigenvalue weighted by Crippen LogP contribution is 2.05. The molecular formula is C13H20N2O2. The summed E-state index contributed by atoms with van der Waals surface area (Å²) in [6.07, 6.45) is 0. The summed E-state index contributed by atoms with van der Waals surface area (Å²) in [6.45, 7) is 4.48. The Hall–Kier alpha value is -1.39. The number of nitrogens with one attached hydrogen (secondary N) is 2. The molecule has 0 radical (unpaired) electrons. The average molecular weight is 236 g/mol. The van der Waals surface area contributed by atoms with Crippen LogP contribution in [0.4, 0.5) is 5.69 Å². The molecule has 0 bridgehead atoms. The number of carbonyl (C=O) groups excluding carboxylic acids is 1. The van der Waals surface area contributed by atoms with Gasteiger partial charge in [0, 0.05) is 18.8 Å². The number of amides is 1. The molecule has 0 aliphatic carbocycles. The third-order valence-electron chi connectivity index (χ3n) is 2.52. The number of para-hydroxylation sites is 1. The fraction of sp³-hybridized carbons (Fsp3) is 0.462. The molecule has 0 aliphatic rings. The molecule has 2 unspecified atom stereocenters. The topological polar surface area (TPSA) is 61.4 Å². The lowest BCUT2D eigenvalue weighted by molar-refractivity contribution is -0.117. The highest BCUT2D eigenvalue weighted by molar-refractivity contribution is 5.94. The lowest BCUT2D eigenvalue weighted by atomic mass is 10.2. The van der Waals surface area contributed by atoms with Crippen molar-refractivity contribution >= 4 is 11.6 Å². The molecule has 4 nitrogen and oxygen atoms in total. The van der Waals surface area contributed by atoms with Gasteiger partial charge in [0.05, 0.1) is 6.04 Å². The molecule has 17 heavy (non-hydrogen) atoms. The van der Waals surface area contributed by atoms with Crippen molar-refractivity contribution in [1.29, 1.82) is 0 Å². The summed E-state index contributed by atoms with van der Waals surface area (Å²) in [7, 11) is 0. The Balaban J connectivity index is 2.37. The lowest BCUT2D eigenvalue weighted by Gasteiger charge is -2.16. The minimum atomic E-state index is -0.274. The fourth-order valence-electron chi connectivity index (χ4n) is 1.31. The molecular weight excluding hydrogens is 216 g/mol. The summed E-state index contributed by atoms with van der Waals surface area (Å²) < 4.78 is 0. The second kappa shape index (κ2) is 7.04. The molecule has 0 aromatic heterocycles. The van der Waals surface area contributed by atoms with Crippen LogP contribution in [0.25, 0.3) is 0 Å². The van der Waals surface area contributed by atoms with E-state index in [1.165, 1.54) is 0 Å². The van der Waals surface area contributed by atoms with Crippen molar-refractivity contribution in [2.24, 2.45) is 5.92 Å². The minimum Gasteiger partial charge on any atom is -0.396 e. The summed E-state index contributed by atoms with van der Waals surface area (Å²) in [5.74, 6) is 0.0864. The first-order valence-corrected chi connectivity index (χ1v) is 5.83. The van der Waals surface area contributed by atoms with Gasteiger partial charge >= 0.3 is 0 Å². The first kappa shape index (κ1) is 13.7. The Bertz CT molecular complexity index is 341. The normalized spacial score (nSPS) is 14.1. The SMILES string of the molecule is CC(CO)CNC(C)C(=O)Nc1ccccc1. The van der Waals surface area contributed by atoms with Crippen molar-refractivity contribution in [3.8, 4) is 0 Å². The van der Waals surface area contributed by atoms with E-state index >= 15 is 0 Å². The molecule has 2 atom stereocenters. The summed E-state index contributed by atoms with van der Waals surface area (Å²) in [5.41, 5.74) is 0.793. The van der Waals surface area contributed by atoms with Crippen molar-refractivity contribution in [3.05, 3.63) is 30.3 Å². The van der Waals surface area contributed by atoms with Crippen molar-refractivity contribution in [3.63, 3.8) is 0 Å². The van der Waals surface area contributed by atoms with Crippen LogP contribution in [-0.2, 0) is 4.79 Å². The molecule has 0 heterocycles. The number of rotatable bonds is 6. The Labute approximate surface area is 102 Å². The van der Waals surface area contributed by atoms with Crippen LogP contribution in [0.5, 0.6) is 0 Å². The molecule has 1 aromatic rings. The highest BCUT2D eigenvalue weighted by Gasteiger charge is 2.13. The van der Waals surface area contributed by atoms with Crippen LogP contribution in [0, 0.1) is 5.92 Å². The Morgan fingerprint density at radius 3 is 2.53 bits per heavy atom. The second-order valence-corrected chi connectivity index (χ2v) is 4.27. The van der Waals surface area contributed by atoms with E-state index in [1.54, 1.807) is 0 Å². The van der Waals surface area contributed by atoms with Crippen LogP contribution in [0.1, 0.15) is 13.8 Å². The third-order valence-corrected chi connectivity index (χ3v) is 2.52. The summed E-state index contributed by atoms with van der Waals surface area (Å²) in [4.78, 5) is 11.8. The lowest BCUT2D eigenvalue weighted by Crippen LogP contribution is -2.40. The monoisotopic (exact) mass is 236 g/mol. The molecule has 0 saturated heterocycles. The number of aliphatic hydroxyl groups is 1. The van der Waals surface area contributed by atoms with E-state index in [4.69, 9.17) is 5.11 Å². The van der Waals surface area contributed by atoms with E-state index in [-0.39, 0.29) is 24.5 Å². The maximum absolute atomic E-state index is 11.8. The molecule has 1 amide bonds. The van der Waals surface area contributed by atoms with E-state index in [0.717, 1.165) is 5.69 Å². The average Bonchev–Trinajstić information content (AvgIpc) is 2.36. The molecule has 94 valence electrons. The van der Waals surface area contributed by atoms with E-state index in [1.807, 2.05) is 44.2 Å². The van der Waals surface area contributed by atoms with Gasteiger partial charge in [-0.2, -0.15) is 0 Å². The first-order valence-electron chi connectivity index (χ1n) is 5.83. The van der Waals surface area contributed by atoms with Gasteiger partial charge in [0.1, 0.15) is 0 Å². The van der Waals surface area contributed by atoms with Crippen LogP contribution >= 0.6 is 0 Å². The van der Waals surface area contributed by atoms with E-state index < -0.39 is 0 Å². The summed E-state index contributed by atoms with van der Waals surface area (Å²) >= 11 is 0. The van der Waals surface area contributed by atoms with E-state index in [9.17, 15) is 4.79 Å². The number of hydrogen-bond donors (Lipinski definition) is 3. The maximum Gasteiger partial charge on any atom is 0.241 e. The molecule has 0 saturated carbocycles. The van der Waals surface area contributed by atoms with Crippen molar-refractivity contribution in [2.75, 3.05) is 18.5 Å². The molecule has 0 fully saturated rings. The number of benzene rings is 1. The number of carbonyl (C=O) groups is 1. The zero-order valence-electron chi connectivity index (χ0n) is 10.3. The number of anilines is 1. The van der Waals surface area contributed by atoms with Gasteiger partial charge in [-0.05, 0) is 25.0 Å². The summed E-state index contributed by atoms with van der Waals surface area (Å²) in [6, 6.07) is 9.08. The predicted molar refractivity (Wildman–Crippen MR) is 68.8 cm³/mol. The summed E-state index contributed by atoms with van der Waals surface area (Å²) in [5, 5.41) is 14.8. The van der Waals surface area contributed by atoms with E-state index in [0.29, 0.717) is 6.54 Å². The standard InChI is InChI=1S/C13H20N2O2/c1-10(9-16)8-14-11(2)13(17)15-12-6-4-3-5-7-12/h3-7,10-11,14,16H,8-9H2,1-2H3,(H,15,17). The highest BCUT2D eigenvalue weighted by atomic mass is 16.3. The minimum absolute atomic E-state index is 0.0682. The van der Waals surface area contributed by atoms with Gasteiger partial charge in [0.2, 0.25) is 5.91 Å². The van der Waals surface area contributed by atoms with Crippen LogP contribution in [0.2, 0.25) is 0 Å². The molecule has 1 rings (SSSR count). The van der Waals surface area contributed by atoms with Crippen LogP contribution in [-0.4, -0.2) is 30.2 Å².